The summed E-state index contributed by atoms with van der Waals surface area (Å²) >= 11 is 0. The SMILES string of the molecule is CN1C2CCC1CC(OC(=O)OC13CC4CC(CC(COC(=O)C(F)(F)S(=O)(=O)O)(C4)C1)C3)C2. The van der Waals surface area contributed by atoms with Gasteiger partial charge in [0.1, 0.15) is 11.7 Å². The fraction of sp³-hybridized carbons (Fsp3) is 0.909. The van der Waals surface area contributed by atoms with Gasteiger partial charge in [-0.3, -0.25) is 4.55 Å². The molecule has 4 aliphatic carbocycles. The van der Waals surface area contributed by atoms with Crippen LogP contribution in [0.2, 0.25) is 0 Å². The van der Waals surface area contributed by atoms with Gasteiger partial charge in [-0.25, -0.2) is 9.59 Å². The first kappa shape index (κ1) is 24.2. The van der Waals surface area contributed by atoms with E-state index in [1.54, 1.807) is 0 Å². The van der Waals surface area contributed by atoms with Crippen LogP contribution in [0.3, 0.4) is 0 Å². The van der Waals surface area contributed by atoms with Crippen LogP contribution in [0, 0.1) is 17.3 Å². The van der Waals surface area contributed by atoms with Gasteiger partial charge in [0.05, 0.1) is 6.61 Å². The van der Waals surface area contributed by atoms with E-state index >= 15 is 0 Å². The second-order valence-electron chi connectivity index (χ2n) is 11.3. The zero-order valence-electron chi connectivity index (χ0n) is 19.1. The highest BCUT2D eigenvalue weighted by molar-refractivity contribution is 7.87. The first-order valence-electron chi connectivity index (χ1n) is 11.9. The molecular formula is C22H31F2NO8S. The smallest absolute Gasteiger partial charge is 0.460 e. The van der Waals surface area contributed by atoms with E-state index in [9.17, 15) is 26.8 Å². The molecule has 4 unspecified atom stereocenters. The van der Waals surface area contributed by atoms with E-state index < -0.39 is 45.1 Å². The summed E-state index contributed by atoms with van der Waals surface area (Å²) in [5.41, 5.74) is -1.48. The van der Waals surface area contributed by atoms with Gasteiger partial charge in [-0.2, -0.15) is 17.2 Å². The van der Waals surface area contributed by atoms with Crippen molar-refractivity contribution in [1.82, 2.24) is 4.90 Å². The molecule has 9 nitrogen and oxygen atoms in total. The van der Waals surface area contributed by atoms with Crippen LogP contribution >= 0.6 is 0 Å². The van der Waals surface area contributed by atoms with Crippen molar-refractivity contribution in [3.63, 3.8) is 0 Å². The topological polar surface area (TPSA) is 119 Å². The fourth-order valence-electron chi connectivity index (χ4n) is 7.86. The second-order valence-corrected chi connectivity index (χ2v) is 12.8. The van der Waals surface area contributed by atoms with Crippen molar-refractivity contribution >= 4 is 22.2 Å². The molecule has 6 bridgehead atoms. The van der Waals surface area contributed by atoms with Crippen LogP contribution in [0.25, 0.3) is 0 Å². The number of carbonyl (C=O) groups excluding carboxylic acids is 2. The number of piperidine rings is 1. The van der Waals surface area contributed by atoms with Crippen molar-refractivity contribution in [2.75, 3.05) is 13.7 Å². The maximum absolute atomic E-state index is 13.6. The molecule has 2 heterocycles. The lowest BCUT2D eigenvalue weighted by Crippen LogP contribution is -2.59. The van der Waals surface area contributed by atoms with E-state index in [0.717, 1.165) is 32.1 Å². The van der Waals surface area contributed by atoms with Gasteiger partial charge in [0.25, 0.3) is 0 Å². The molecule has 0 aromatic carbocycles. The molecule has 34 heavy (non-hydrogen) atoms. The van der Waals surface area contributed by atoms with E-state index in [1.807, 2.05) is 0 Å². The van der Waals surface area contributed by atoms with Gasteiger partial charge in [-0.05, 0) is 70.3 Å². The molecular weight excluding hydrogens is 476 g/mol. The Morgan fingerprint density at radius 3 is 2.21 bits per heavy atom. The number of ether oxygens (including phenoxy) is 3. The van der Waals surface area contributed by atoms with Crippen LogP contribution in [-0.2, 0) is 29.1 Å². The molecule has 12 heteroatoms. The van der Waals surface area contributed by atoms with E-state index in [2.05, 4.69) is 11.9 Å². The van der Waals surface area contributed by atoms with Crippen LogP contribution in [0.5, 0.6) is 0 Å². The molecule has 6 fully saturated rings. The molecule has 0 radical (unpaired) electrons. The minimum absolute atomic E-state index is 0.187. The van der Waals surface area contributed by atoms with Crippen LogP contribution < -0.4 is 0 Å². The van der Waals surface area contributed by atoms with Gasteiger partial charge in [0.2, 0.25) is 0 Å². The van der Waals surface area contributed by atoms with E-state index in [1.165, 1.54) is 0 Å². The van der Waals surface area contributed by atoms with Crippen molar-refractivity contribution < 1.29 is 45.6 Å². The number of hydrogen-bond acceptors (Lipinski definition) is 8. The number of halogens is 2. The lowest BCUT2D eigenvalue weighted by molar-refractivity contribution is -0.200. The highest BCUT2D eigenvalue weighted by Gasteiger charge is 2.61. The van der Waals surface area contributed by atoms with E-state index in [-0.39, 0.29) is 17.9 Å². The first-order valence-corrected chi connectivity index (χ1v) is 13.4. The van der Waals surface area contributed by atoms with Crippen molar-refractivity contribution in [2.45, 2.75) is 93.3 Å². The molecule has 0 aromatic heterocycles. The van der Waals surface area contributed by atoms with Gasteiger partial charge in [-0.15, -0.1) is 0 Å². The molecule has 2 aliphatic heterocycles. The summed E-state index contributed by atoms with van der Waals surface area (Å²) in [5.74, 6) is -1.92. The summed E-state index contributed by atoms with van der Waals surface area (Å²) in [5, 5.41) is -5.03. The highest BCUT2D eigenvalue weighted by Crippen LogP contribution is 2.63. The monoisotopic (exact) mass is 507 g/mol. The Bertz CT molecular complexity index is 944. The van der Waals surface area contributed by atoms with Gasteiger partial charge < -0.3 is 19.1 Å². The van der Waals surface area contributed by atoms with Crippen LogP contribution in [0.15, 0.2) is 0 Å². The minimum atomic E-state index is -5.93. The summed E-state index contributed by atoms with van der Waals surface area (Å²) < 4.78 is 74.0. The number of nitrogens with zero attached hydrogens (tertiary/aromatic N) is 1. The largest absolute Gasteiger partial charge is 0.509 e. The van der Waals surface area contributed by atoms with Gasteiger partial charge in [0.15, 0.2) is 0 Å². The molecule has 0 amide bonds. The maximum Gasteiger partial charge on any atom is 0.509 e. The standard InChI is InChI=1S/C22H31F2NO8S/c1-25-15-2-3-16(25)6-17(5-15)32-19(27)33-21-9-13-4-14(10-21)8-20(7-13,11-21)12-31-18(26)22(23,24)34(28,29)30/h13-17H,2-12H2,1H3,(H,28,29,30). The third-order valence-corrected chi connectivity index (χ3v) is 9.63. The second kappa shape index (κ2) is 7.99. The lowest BCUT2D eigenvalue weighted by Gasteiger charge is -2.60. The summed E-state index contributed by atoms with van der Waals surface area (Å²) in [6, 6.07) is 0.824. The van der Waals surface area contributed by atoms with Crippen molar-refractivity contribution in [3.8, 4) is 0 Å². The number of rotatable bonds is 6. The van der Waals surface area contributed by atoms with Gasteiger partial charge in [0, 0.05) is 30.3 Å². The summed E-state index contributed by atoms with van der Waals surface area (Å²) in [4.78, 5) is 26.9. The Morgan fingerprint density at radius 1 is 1.06 bits per heavy atom. The van der Waals surface area contributed by atoms with Crippen molar-refractivity contribution in [2.24, 2.45) is 17.3 Å². The van der Waals surface area contributed by atoms with Crippen molar-refractivity contribution in [3.05, 3.63) is 0 Å². The molecule has 4 atom stereocenters. The number of hydrogen-bond donors (Lipinski definition) is 1. The third-order valence-electron chi connectivity index (χ3n) is 8.82. The summed E-state index contributed by atoms with van der Waals surface area (Å²) in [6.45, 7) is -0.414. The zero-order chi connectivity index (χ0) is 24.5. The van der Waals surface area contributed by atoms with E-state index in [0.29, 0.717) is 44.2 Å². The molecule has 4 saturated carbocycles. The molecule has 6 aliphatic rings. The molecule has 2 saturated heterocycles. The zero-order valence-corrected chi connectivity index (χ0v) is 19.9. The Balaban J connectivity index is 1.23. The average Bonchev–Trinajstić information content (AvgIpc) is 2.91. The summed E-state index contributed by atoms with van der Waals surface area (Å²) in [6.07, 6.45) is 6.66. The Morgan fingerprint density at radius 2 is 1.65 bits per heavy atom. The minimum Gasteiger partial charge on any atom is -0.460 e. The van der Waals surface area contributed by atoms with Gasteiger partial charge in [-0.1, -0.05) is 0 Å². The first-order chi connectivity index (χ1) is 15.8. The Hall–Kier alpha value is -1.53. The normalized spacial score (nSPS) is 41.4. The predicted molar refractivity (Wildman–Crippen MR) is 112 cm³/mol. The highest BCUT2D eigenvalue weighted by atomic mass is 32.2. The molecule has 6 rings (SSSR count). The van der Waals surface area contributed by atoms with Crippen LogP contribution in [-0.4, -0.2) is 72.7 Å². The molecule has 0 aromatic rings. The Kier molecular flexibility index (Phi) is 5.68. The third kappa shape index (κ3) is 4.19. The van der Waals surface area contributed by atoms with Gasteiger partial charge >= 0.3 is 27.5 Å². The molecule has 1 N–H and O–H groups in total. The number of esters is 1. The number of carbonyl (C=O) groups is 2. The lowest BCUT2D eigenvalue weighted by atomic mass is 9.48. The van der Waals surface area contributed by atoms with Crippen molar-refractivity contribution in [1.29, 1.82) is 0 Å². The number of alkyl halides is 2. The number of fused-ring (bicyclic) bond motifs is 2. The predicted octanol–water partition coefficient (Wildman–Crippen LogP) is 3.13. The Labute approximate surface area is 197 Å². The maximum atomic E-state index is 13.6. The van der Waals surface area contributed by atoms with E-state index in [4.69, 9.17) is 18.8 Å². The summed E-state index contributed by atoms with van der Waals surface area (Å²) in [7, 11) is -3.82. The van der Waals surface area contributed by atoms with Crippen LogP contribution in [0.4, 0.5) is 13.6 Å². The molecule has 0 spiro atoms. The molecule has 192 valence electrons. The van der Waals surface area contributed by atoms with Crippen LogP contribution in [0.1, 0.15) is 64.2 Å². The fourth-order valence-corrected chi connectivity index (χ4v) is 8.13. The average molecular weight is 508 g/mol. The quantitative estimate of drug-likeness (QED) is 0.427.